The second-order valence-electron chi connectivity index (χ2n) is 5.36. The van der Waals surface area contributed by atoms with Crippen molar-refractivity contribution >= 4 is 18.0 Å². The Balaban J connectivity index is 2.08. The number of allylic oxidation sites excluding steroid dienone is 1. The molecule has 0 saturated carbocycles. The zero-order valence-corrected chi connectivity index (χ0v) is 14.3. The minimum Gasteiger partial charge on any atom is -0.508 e. The Kier molecular flexibility index (Phi) is 6.34. The molecule has 5 heteroatoms. The van der Waals surface area contributed by atoms with Crippen LogP contribution in [-0.4, -0.2) is 35.0 Å². The number of carbonyl (C=O) groups excluding carboxylic acids is 2. The summed E-state index contributed by atoms with van der Waals surface area (Å²) in [5.41, 5.74) is 1.23. The summed E-state index contributed by atoms with van der Waals surface area (Å²) in [5.74, 6) is 0.306. The summed E-state index contributed by atoms with van der Waals surface area (Å²) in [6, 6.07) is 13.1. The maximum absolute atomic E-state index is 12.3. The number of phenols is 1. The number of aromatic hydroxyl groups is 1. The van der Waals surface area contributed by atoms with Gasteiger partial charge >= 0.3 is 6.09 Å². The van der Waals surface area contributed by atoms with Crippen LogP contribution in [-0.2, 0) is 0 Å². The molecule has 0 atom stereocenters. The standard InChI is InChI=1S/C20H21NO4/c1-3-21(4-2)20(24)25-18-7-5-6-16(14-18)19(23)13-10-15-8-11-17(22)12-9-15/h5-14,22H,3-4H2,1-2H3/b13-10+. The van der Waals surface area contributed by atoms with Crippen LogP contribution in [0.25, 0.3) is 6.08 Å². The van der Waals surface area contributed by atoms with E-state index in [1.165, 1.54) is 6.08 Å². The highest BCUT2D eigenvalue weighted by molar-refractivity contribution is 6.07. The molecule has 2 aromatic rings. The topological polar surface area (TPSA) is 66.8 Å². The van der Waals surface area contributed by atoms with E-state index in [2.05, 4.69) is 0 Å². The van der Waals surface area contributed by atoms with Crippen LogP contribution in [0.4, 0.5) is 4.79 Å². The predicted molar refractivity (Wildman–Crippen MR) is 96.9 cm³/mol. The molecule has 2 rings (SSSR count). The van der Waals surface area contributed by atoms with Gasteiger partial charge in [0.25, 0.3) is 0 Å². The van der Waals surface area contributed by atoms with Crippen molar-refractivity contribution in [2.75, 3.05) is 13.1 Å². The number of hydrogen-bond acceptors (Lipinski definition) is 4. The number of benzene rings is 2. The number of ether oxygens (including phenoxy) is 1. The van der Waals surface area contributed by atoms with Crippen LogP contribution in [0.3, 0.4) is 0 Å². The number of nitrogens with zero attached hydrogens (tertiary/aromatic N) is 1. The number of ketones is 1. The van der Waals surface area contributed by atoms with E-state index < -0.39 is 6.09 Å². The summed E-state index contributed by atoms with van der Waals surface area (Å²) in [6.07, 6.45) is 2.67. The molecule has 25 heavy (non-hydrogen) atoms. The van der Waals surface area contributed by atoms with E-state index in [0.717, 1.165) is 5.56 Å². The van der Waals surface area contributed by atoms with Gasteiger partial charge in [0.15, 0.2) is 5.78 Å². The summed E-state index contributed by atoms with van der Waals surface area (Å²) in [5, 5.41) is 9.25. The van der Waals surface area contributed by atoms with Crippen molar-refractivity contribution in [1.82, 2.24) is 4.90 Å². The third kappa shape index (κ3) is 5.21. The van der Waals surface area contributed by atoms with E-state index in [9.17, 15) is 14.7 Å². The average Bonchev–Trinajstić information content (AvgIpc) is 2.62. The van der Waals surface area contributed by atoms with Gasteiger partial charge in [-0.15, -0.1) is 0 Å². The van der Waals surface area contributed by atoms with E-state index in [4.69, 9.17) is 4.74 Å². The van der Waals surface area contributed by atoms with Crippen LogP contribution in [0, 0.1) is 0 Å². The zero-order valence-electron chi connectivity index (χ0n) is 14.3. The molecule has 130 valence electrons. The van der Waals surface area contributed by atoms with Gasteiger partial charge in [0, 0.05) is 18.7 Å². The molecule has 0 aromatic heterocycles. The van der Waals surface area contributed by atoms with Gasteiger partial charge in [-0.25, -0.2) is 4.79 Å². The Hall–Kier alpha value is -3.08. The van der Waals surface area contributed by atoms with Gasteiger partial charge in [0.05, 0.1) is 0 Å². The lowest BCUT2D eigenvalue weighted by Crippen LogP contribution is -2.33. The maximum Gasteiger partial charge on any atom is 0.415 e. The van der Waals surface area contributed by atoms with Crippen LogP contribution in [0.5, 0.6) is 11.5 Å². The van der Waals surface area contributed by atoms with Crippen LogP contribution < -0.4 is 4.74 Å². The van der Waals surface area contributed by atoms with Gasteiger partial charge < -0.3 is 14.7 Å². The summed E-state index contributed by atoms with van der Waals surface area (Å²) >= 11 is 0. The fourth-order valence-electron chi connectivity index (χ4n) is 2.21. The van der Waals surface area contributed by atoms with Crippen LogP contribution >= 0.6 is 0 Å². The fraction of sp³-hybridized carbons (Fsp3) is 0.200. The lowest BCUT2D eigenvalue weighted by atomic mass is 10.1. The zero-order chi connectivity index (χ0) is 18.2. The summed E-state index contributed by atoms with van der Waals surface area (Å²) in [7, 11) is 0. The van der Waals surface area contributed by atoms with Crippen molar-refractivity contribution in [2.24, 2.45) is 0 Å². The van der Waals surface area contributed by atoms with Gasteiger partial charge in [-0.3, -0.25) is 4.79 Å². The Morgan fingerprint density at radius 1 is 1.08 bits per heavy atom. The second kappa shape index (κ2) is 8.68. The van der Waals surface area contributed by atoms with Crippen LogP contribution in [0.15, 0.2) is 54.6 Å². The molecule has 1 amide bonds. The number of phenolic OH excluding ortho intramolecular Hbond substituents is 1. The highest BCUT2D eigenvalue weighted by Gasteiger charge is 2.12. The van der Waals surface area contributed by atoms with E-state index >= 15 is 0 Å². The Morgan fingerprint density at radius 3 is 2.40 bits per heavy atom. The lowest BCUT2D eigenvalue weighted by Gasteiger charge is -2.17. The molecule has 0 radical (unpaired) electrons. The van der Waals surface area contributed by atoms with Crippen molar-refractivity contribution in [2.45, 2.75) is 13.8 Å². The van der Waals surface area contributed by atoms with Crippen molar-refractivity contribution in [1.29, 1.82) is 0 Å². The molecule has 0 saturated heterocycles. The molecule has 0 heterocycles. The number of hydrogen-bond donors (Lipinski definition) is 1. The average molecular weight is 339 g/mol. The van der Waals surface area contributed by atoms with E-state index in [-0.39, 0.29) is 11.5 Å². The summed E-state index contributed by atoms with van der Waals surface area (Å²) < 4.78 is 5.31. The third-order valence-corrected chi connectivity index (χ3v) is 3.67. The van der Waals surface area contributed by atoms with Crippen molar-refractivity contribution < 1.29 is 19.4 Å². The summed E-state index contributed by atoms with van der Waals surface area (Å²) in [4.78, 5) is 25.8. The molecule has 0 bridgehead atoms. The minimum atomic E-state index is -0.436. The van der Waals surface area contributed by atoms with Crippen molar-refractivity contribution in [3.8, 4) is 11.5 Å². The second-order valence-corrected chi connectivity index (χ2v) is 5.36. The normalized spacial score (nSPS) is 10.6. The molecule has 0 aliphatic heterocycles. The highest BCUT2D eigenvalue weighted by atomic mass is 16.6. The number of amides is 1. The molecule has 5 nitrogen and oxygen atoms in total. The predicted octanol–water partition coefficient (Wildman–Crippen LogP) is 4.13. The first-order valence-electron chi connectivity index (χ1n) is 8.11. The van der Waals surface area contributed by atoms with E-state index in [1.807, 2.05) is 13.8 Å². The number of rotatable bonds is 6. The van der Waals surface area contributed by atoms with Gasteiger partial charge in [-0.2, -0.15) is 0 Å². The largest absolute Gasteiger partial charge is 0.508 e. The quantitative estimate of drug-likeness (QED) is 0.635. The number of carbonyl (C=O) groups is 2. The van der Waals surface area contributed by atoms with Gasteiger partial charge in [-0.1, -0.05) is 30.3 Å². The van der Waals surface area contributed by atoms with Crippen molar-refractivity contribution in [3.63, 3.8) is 0 Å². The monoisotopic (exact) mass is 339 g/mol. The maximum atomic E-state index is 12.3. The lowest BCUT2D eigenvalue weighted by molar-refractivity contribution is 0.104. The molecule has 0 aliphatic rings. The summed E-state index contributed by atoms with van der Waals surface area (Å²) in [6.45, 7) is 4.87. The van der Waals surface area contributed by atoms with Crippen molar-refractivity contribution in [3.05, 3.63) is 65.7 Å². The fourth-order valence-corrected chi connectivity index (χ4v) is 2.21. The molecule has 0 aliphatic carbocycles. The van der Waals surface area contributed by atoms with Gasteiger partial charge in [0.2, 0.25) is 0 Å². The molecule has 0 fully saturated rings. The van der Waals surface area contributed by atoms with Crippen LogP contribution in [0.1, 0.15) is 29.8 Å². The molecular formula is C20H21NO4. The Morgan fingerprint density at radius 2 is 1.76 bits per heavy atom. The molecule has 2 aromatic carbocycles. The SMILES string of the molecule is CCN(CC)C(=O)Oc1cccc(C(=O)/C=C/c2ccc(O)cc2)c1. The van der Waals surface area contributed by atoms with Gasteiger partial charge in [-0.05, 0) is 49.8 Å². The van der Waals surface area contributed by atoms with E-state index in [1.54, 1.807) is 59.5 Å². The smallest absolute Gasteiger partial charge is 0.415 e. The molecular weight excluding hydrogens is 318 g/mol. The molecule has 0 unspecified atom stereocenters. The first-order chi connectivity index (χ1) is 12.0. The molecule has 1 N–H and O–H groups in total. The van der Waals surface area contributed by atoms with Gasteiger partial charge in [0.1, 0.15) is 11.5 Å². The highest BCUT2D eigenvalue weighted by Crippen LogP contribution is 2.16. The minimum absolute atomic E-state index is 0.172. The van der Waals surface area contributed by atoms with Crippen LogP contribution in [0.2, 0.25) is 0 Å². The molecule has 0 spiro atoms. The first-order valence-corrected chi connectivity index (χ1v) is 8.11. The van der Waals surface area contributed by atoms with E-state index in [0.29, 0.717) is 24.4 Å². The third-order valence-electron chi connectivity index (χ3n) is 3.67. The Bertz CT molecular complexity index is 762. The Labute approximate surface area is 147 Å². The first kappa shape index (κ1) is 18.3.